The molecule has 292 valence electrons. The van der Waals surface area contributed by atoms with Gasteiger partial charge in [0, 0.05) is 7.11 Å². The molecule has 0 heterocycles. The van der Waals surface area contributed by atoms with Crippen LogP contribution in [0.4, 0.5) is 4.79 Å². The number of hydrogen-bond donors (Lipinski definition) is 1. The van der Waals surface area contributed by atoms with Crippen LogP contribution in [0.1, 0.15) is 84.6 Å². The van der Waals surface area contributed by atoms with Crippen LogP contribution in [0.3, 0.4) is 0 Å². The third-order valence-corrected chi connectivity index (χ3v) is 9.34. The number of thioether (sulfide) groups is 1. The van der Waals surface area contributed by atoms with Crippen LogP contribution < -0.4 is 5.32 Å². The molecule has 1 aromatic carbocycles. The summed E-state index contributed by atoms with van der Waals surface area (Å²) in [5.74, 6) is -1.01. The highest BCUT2D eigenvalue weighted by atomic mass is 32.2. The van der Waals surface area contributed by atoms with Crippen molar-refractivity contribution in [1.82, 2.24) is 5.32 Å². The fourth-order valence-electron chi connectivity index (χ4n) is 5.44. The fourth-order valence-corrected chi connectivity index (χ4v) is 5.93. The molecule has 0 aliphatic heterocycles. The summed E-state index contributed by atoms with van der Waals surface area (Å²) in [6.07, 6.45) is 6.55. The van der Waals surface area contributed by atoms with E-state index in [4.69, 9.17) is 33.2 Å². The summed E-state index contributed by atoms with van der Waals surface area (Å²) < 4.78 is 38.0. The second kappa shape index (κ2) is 27.7. The Balaban J connectivity index is 2.82. The number of rotatable bonds is 30. The Kier molecular flexibility index (Phi) is 25.1. The average Bonchev–Trinajstić information content (AvgIpc) is 3.13. The Hall–Kier alpha value is -2.87. The van der Waals surface area contributed by atoms with Crippen LogP contribution in [0.25, 0.3) is 0 Å². The van der Waals surface area contributed by atoms with E-state index in [1.807, 2.05) is 55.9 Å². The monoisotopic (exact) mass is 741 g/mol. The molecule has 3 atom stereocenters. The Morgan fingerprint density at radius 1 is 0.745 bits per heavy atom. The lowest BCUT2D eigenvalue weighted by molar-refractivity contribution is -0.167. The number of benzene rings is 1. The summed E-state index contributed by atoms with van der Waals surface area (Å²) in [7, 11) is 1.60. The molecule has 1 amide bonds. The van der Waals surface area contributed by atoms with Crippen molar-refractivity contribution in [2.75, 3.05) is 78.5 Å². The predicted molar refractivity (Wildman–Crippen MR) is 197 cm³/mol. The Morgan fingerprint density at radius 3 is 2.04 bits per heavy atom. The molecule has 12 nitrogen and oxygen atoms in total. The first-order valence-corrected chi connectivity index (χ1v) is 19.5. The van der Waals surface area contributed by atoms with Crippen LogP contribution in [-0.4, -0.2) is 103 Å². The lowest BCUT2D eigenvalue weighted by atomic mass is 9.67. The van der Waals surface area contributed by atoms with Crippen LogP contribution >= 0.6 is 11.8 Å². The number of esters is 3. The molecular formula is C38H63NO11S. The van der Waals surface area contributed by atoms with Crippen molar-refractivity contribution in [1.29, 1.82) is 0 Å². The summed E-state index contributed by atoms with van der Waals surface area (Å²) in [5, 5.41) is 2.61. The van der Waals surface area contributed by atoms with Crippen molar-refractivity contribution in [3.05, 3.63) is 35.9 Å². The molecule has 51 heavy (non-hydrogen) atoms. The fraction of sp³-hybridized carbons (Fsp3) is 0.737. The highest BCUT2D eigenvalue weighted by molar-refractivity contribution is 7.98. The largest absolute Gasteiger partial charge is 0.464 e. The molecule has 1 aromatic rings. The van der Waals surface area contributed by atoms with Crippen LogP contribution in [0, 0.1) is 16.7 Å². The summed E-state index contributed by atoms with van der Waals surface area (Å²) in [5.41, 5.74) is -1.43. The molecule has 3 unspecified atom stereocenters. The topological polar surface area (TPSA) is 145 Å². The summed E-state index contributed by atoms with van der Waals surface area (Å²) in [4.78, 5) is 52.5. The molecule has 0 fully saturated rings. The second-order valence-electron chi connectivity index (χ2n) is 13.0. The van der Waals surface area contributed by atoms with Crippen molar-refractivity contribution in [2.45, 2.75) is 85.7 Å². The molecule has 0 saturated carbocycles. The van der Waals surface area contributed by atoms with Crippen molar-refractivity contribution in [2.24, 2.45) is 16.7 Å². The van der Waals surface area contributed by atoms with E-state index in [0.717, 1.165) is 37.0 Å². The first kappa shape index (κ1) is 46.2. The molecule has 0 radical (unpaired) electrons. The van der Waals surface area contributed by atoms with Gasteiger partial charge in [-0.05, 0) is 69.9 Å². The molecule has 0 aliphatic carbocycles. The predicted octanol–water partition coefficient (Wildman–Crippen LogP) is 6.37. The third kappa shape index (κ3) is 20.1. The number of unbranched alkanes of at least 4 members (excludes halogenated alkanes) is 3. The number of carbonyl (C=O) groups is 4. The first-order chi connectivity index (χ1) is 24.5. The zero-order valence-electron chi connectivity index (χ0n) is 31.8. The molecule has 0 bridgehead atoms. The molecular weight excluding hydrogens is 678 g/mol. The number of amides is 1. The molecule has 0 aliphatic rings. The highest BCUT2D eigenvalue weighted by Crippen LogP contribution is 2.43. The lowest BCUT2D eigenvalue weighted by Crippen LogP contribution is -2.42. The second-order valence-corrected chi connectivity index (χ2v) is 14.0. The van der Waals surface area contributed by atoms with E-state index in [9.17, 15) is 19.2 Å². The number of ether oxygens (including phenoxy) is 7. The van der Waals surface area contributed by atoms with Gasteiger partial charge in [-0.3, -0.25) is 14.4 Å². The van der Waals surface area contributed by atoms with E-state index in [0.29, 0.717) is 45.9 Å². The van der Waals surface area contributed by atoms with Crippen LogP contribution in [0.2, 0.25) is 0 Å². The Bertz CT molecular complexity index is 1110. The molecule has 0 spiro atoms. The maximum atomic E-state index is 13.8. The third-order valence-electron chi connectivity index (χ3n) is 8.64. The van der Waals surface area contributed by atoms with Crippen molar-refractivity contribution in [3.8, 4) is 0 Å². The quantitative estimate of drug-likeness (QED) is 0.0531. The standard InChI is InChI=1S/C38H63NO11S/c1-7-32(33(40)47-20-18-39-36(43)49-19-14-9-10-15-27-51-6)28-38(4,35(42)48-26-25-46-24-23-45-22-21-44-5)30-37(3,8-2)34(41)50-29-31-16-12-11-13-17-31/h11-13,16-17,32H,7-10,14-15,18-30H2,1-6H3,(H,39,43). The summed E-state index contributed by atoms with van der Waals surface area (Å²) in [6, 6.07) is 9.37. The van der Waals surface area contributed by atoms with Crippen molar-refractivity contribution >= 4 is 35.8 Å². The van der Waals surface area contributed by atoms with E-state index in [-0.39, 0.29) is 45.8 Å². The first-order valence-electron chi connectivity index (χ1n) is 18.1. The molecule has 1 rings (SSSR count). The molecule has 0 saturated heterocycles. The van der Waals surface area contributed by atoms with Gasteiger partial charge in [0.15, 0.2) is 0 Å². The van der Waals surface area contributed by atoms with Crippen molar-refractivity contribution in [3.63, 3.8) is 0 Å². The Labute approximate surface area is 309 Å². The van der Waals surface area contributed by atoms with Gasteiger partial charge in [-0.1, -0.05) is 57.0 Å². The molecule has 1 N–H and O–H groups in total. The average molecular weight is 742 g/mol. The number of nitrogens with one attached hydrogen (secondary N) is 1. The van der Waals surface area contributed by atoms with Crippen LogP contribution in [-0.2, 0) is 54.1 Å². The number of methoxy groups -OCH3 is 1. The van der Waals surface area contributed by atoms with Gasteiger partial charge < -0.3 is 38.5 Å². The zero-order valence-corrected chi connectivity index (χ0v) is 32.6. The van der Waals surface area contributed by atoms with E-state index in [1.165, 1.54) is 0 Å². The lowest BCUT2D eigenvalue weighted by Gasteiger charge is -2.37. The van der Waals surface area contributed by atoms with Gasteiger partial charge in [-0.2, -0.15) is 11.8 Å². The van der Waals surface area contributed by atoms with E-state index in [1.54, 1.807) is 21.0 Å². The smallest absolute Gasteiger partial charge is 0.407 e. The van der Waals surface area contributed by atoms with E-state index < -0.39 is 40.7 Å². The van der Waals surface area contributed by atoms with Gasteiger partial charge in [0.2, 0.25) is 0 Å². The van der Waals surface area contributed by atoms with E-state index >= 15 is 0 Å². The Morgan fingerprint density at radius 2 is 1.39 bits per heavy atom. The molecule has 13 heteroatoms. The number of alkyl carbamates (subject to hydrolysis) is 1. The van der Waals surface area contributed by atoms with Gasteiger partial charge in [-0.15, -0.1) is 0 Å². The maximum Gasteiger partial charge on any atom is 0.407 e. The van der Waals surface area contributed by atoms with Crippen LogP contribution in [0.5, 0.6) is 0 Å². The van der Waals surface area contributed by atoms with Gasteiger partial charge >= 0.3 is 24.0 Å². The van der Waals surface area contributed by atoms with Gasteiger partial charge in [0.1, 0.15) is 19.8 Å². The van der Waals surface area contributed by atoms with Gasteiger partial charge in [0.05, 0.1) is 62.9 Å². The van der Waals surface area contributed by atoms with Crippen molar-refractivity contribution < 1.29 is 52.3 Å². The molecule has 0 aromatic heterocycles. The summed E-state index contributed by atoms with van der Waals surface area (Å²) >= 11 is 1.82. The van der Waals surface area contributed by atoms with Gasteiger partial charge in [0.25, 0.3) is 0 Å². The minimum atomic E-state index is -1.24. The minimum absolute atomic E-state index is 0.00515. The highest BCUT2D eigenvalue weighted by Gasteiger charge is 2.47. The zero-order chi connectivity index (χ0) is 37.8. The summed E-state index contributed by atoms with van der Waals surface area (Å²) in [6.45, 7) is 9.49. The van der Waals surface area contributed by atoms with E-state index in [2.05, 4.69) is 11.6 Å². The minimum Gasteiger partial charge on any atom is -0.464 e. The number of hydrogen-bond acceptors (Lipinski definition) is 12. The van der Waals surface area contributed by atoms with Gasteiger partial charge in [-0.25, -0.2) is 4.79 Å². The number of carbonyl (C=O) groups excluding carboxylic acids is 4. The SMILES string of the molecule is CCC(CC(C)(CC(C)(CC)C(=O)OCc1ccccc1)C(=O)OCCOCCOCCOC)C(=O)OCCNC(=O)OCCCCCCSC. The maximum absolute atomic E-state index is 13.8. The van der Waals surface area contributed by atoms with Crippen LogP contribution in [0.15, 0.2) is 30.3 Å². The normalized spacial score (nSPS) is 14.1.